The van der Waals surface area contributed by atoms with Crippen LogP contribution < -0.4 is 15.4 Å². The second-order valence-electron chi connectivity index (χ2n) is 3.56. The third kappa shape index (κ3) is 5.90. The summed E-state index contributed by atoms with van der Waals surface area (Å²) >= 11 is 5.88. The fourth-order valence-electron chi connectivity index (χ4n) is 1.29. The molecular formula is C11H15ClN4O5. The van der Waals surface area contributed by atoms with Crippen LogP contribution in [-0.2, 0) is 19.1 Å². The van der Waals surface area contributed by atoms with E-state index in [-0.39, 0.29) is 36.1 Å². The van der Waals surface area contributed by atoms with Crippen molar-refractivity contribution >= 4 is 36.1 Å². The Balaban J connectivity index is 2.67. The molecule has 0 fully saturated rings. The fraction of sp³-hybridized carbons (Fsp3) is 0.455. The van der Waals surface area contributed by atoms with Gasteiger partial charge in [-0.3, -0.25) is 14.9 Å². The number of amides is 2. The monoisotopic (exact) mass is 318 g/mol. The molecule has 1 aromatic rings. The molecule has 0 saturated carbocycles. The third-order valence-corrected chi connectivity index (χ3v) is 2.37. The summed E-state index contributed by atoms with van der Waals surface area (Å²) in [6, 6.07) is 0. The number of carbonyl (C=O) groups excluding carboxylic acids is 2. The van der Waals surface area contributed by atoms with Crippen molar-refractivity contribution in [1.82, 2.24) is 9.97 Å². The first-order chi connectivity index (χ1) is 10.2. The van der Waals surface area contributed by atoms with E-state index < -0.39 is 0 Å². The van der Waals surface area contributed by atoms with Crippen LogP contribution >= 0.6 is 11.6 Å². The Bertz CT molecular complexity index is 474. The lowest BCUT2D eigenvalue weighted by Gasteiger charge is -2.11. The number of nitrogens with one attached hydrogen (secondary N) is 2. The van der Waals surface area contributed by atoms with Crippen molar-refractivity contribution in [3.63, 3.8) is 0 Å². The van der Waals surface area contributed by atoms with Crippen molar-refractivity contribution in [2.24, 2.45) is 0 Å². The maximum absolute atomic E-state index is 10.6. The summed E-state index contributed by atoms with van der Waals surface area (Å²) < 4.78 is 15.2. The molecule has 0 aliphatic heterocycles. The van der Waals surface area contributed by atoms with E-state index in [1.165, 1.54) is 7.11 Å². The summed E-state index contributed by atoms with van der Waals surface area (Å²) in [6.07, 6.45) is 1.40. The maximum atomic E-state index is 10.6. The first-order valence-corrected chi connectivity index (χ1v) is 6.28. The van der Waals surface area contributed by atoms with E-state index in [2.05, 4.69) is 20.6 Å². The number of halogens is 1. The van der Waals surface area contributed by atoms with Gasteiger partial charge in [0.1, 0.15) is 12.5 Å². The van der Waals surface area contributed by atoms with Crippen molar-refractivity contribution < 1.29 is 23.8 Å². The fourth-order valence-corrected chi connectivity index (χ4v) is 1.50. The molecule has 0 radical (unpaired) electrons. The first kappa shape index (κ1) is 17.1. The highest BCUT2D eigenvalue weighted by atomic mass is 35.5. The summed E-state index contributed by atoms with van der Waals surface area (Å²) in [5.41, 5.74) is 0.126. The number of anilines is 2. The normalized spacial score (nSPS) is 10.0. The van der Waals surface area contributed by atoms with Crippen LogP contribution in [0.4, 0.5) is 11.6 Å². The van der Waals surface area contributed by atoms with Crippen LogP contribution in [0.1, 0.15) is 6.42 Å². The third-order valence-electron chi connectivity index (χ3n) is 2.10. The standard InChI is InChI=1S/C11H15ClN4O5/c1-19-7-20-3-2-4-21-10-8(13-5-17)9(12)15-11(16-10)14-6-18/h5-6H,2-4,7H2,1H3,(H,13,17)(H,14,15,16,18). The van der Waals surface area contributed by atoms with Gasteiger partial charge in [0, 0.05) is 13.5 Å². The summed E-state index contributed by atoms with van der Waals surface area (Å²) in [4.78, 5) is 28.7. The van der Waals surface area contributed by atoms with Crippen LogP contribution in [0.2, 0.25) is 5.15 Å². The van der Waals surface area contributed by atoms with E-state index >= 15 is 0 Å². The maximum Gasteiger partial charge on any atom is 0.244 e. The van der Waals surface area contributed by atoms with Crippen molar-refractivity contribution in [3.05, 3.63) is 5.15 Å². The van der Waals surface area contributed by atoms with E-state index in [1.807, 2.05) is 0 Å². The minimum Gasteiger partial charge on any atom is -0.476 e. The minimum atomic E-state index is -0.0490. The van der Waals surface area contributed by atoms with E-state index in [4.69, 9.17) is 25.8 Å². The number of nitrogens with zero attached hydrogens (tertiary/aromatic N) is 2. The molecule has 10 heteroatoms. The molecule has 0 saturated heterocycles. The Morgan fingerprint density at radius 3 is 2.62 bits per heavy atom. The van der Waals surface area contributed by atoms with Gasteiger partial charge in [-0.2, -0.15) is 9.97 Å². The number of hydrogen-bond donors (Lipinski definition) is 2. The van der Waals surface area contributed by atoms with Crippen LogP contribution in [0.25, 0.3) is 0 Å². The van der Waals surface area contributed by atoms with E-state index in [9.17, 15) is 9.59 Å². The molecule has 0 aliphatic rings. The quantitative estimate of drug-likeness (QED) is 0.267. The van der Waals surface area contributed by atoms with Gasteiger partial charge in [-0.15, -0.1) is 0 Å². The largest absolute Gasteiger partial charge is 0.476 e. The van der Waals surface area contributed by atoms with Crippen molar-refractivity contribution in [2.75, 3.05) is 37.8 Å². The highest BCUT2D eigenvalue weighted by Crippen LogP contribution is 2.30. The molecule has 2 N–H and O–H groups in total. The predicted molar refractivity (Wildman–Crippen MR) is 74.4 cm³/mol. The average Bonchev–Trinajstić information content (AvgIpc) is 2.46. The van der Waals surface area contributed by atoms with Crippen LogP contribution in [0, 0.1) is 0 Å². The van der Waals surface area contributed by atoms with Crippen molar-refractivity contribution in [2.45, 2.75) is 6.42 Å². The Hall–Kier alpha value is -1.97. The molecule has 0 aliphatic carbocycles. The Labute approximate surface area is 125 Å². The second kappa shape index (κ2) is 9.86. The summed E-state index contributed by atoms with van der Waals surface area (Å²) in [5, 5.41) is 4.55. The zero-order valence-electron chi connectivity index (χ0n) is 11.3. The van der Waals surface area contributed by atoms with Gasteiger partial charge in [0.15, 0.2) is 5.15 Å². The first-order valence-electron chi connectivity index (χ1n) is 5.90. The molecule has 1 aromatic heterocycles. The highest BCUT2D eigenvalue weighted by Gasteiger charge is 2.14. The Kier molecular flexibility index (Phi) is 8.02. The number of hydrogen-bond acceptors (Lipinski definition) is 7. The summed E-state index contributed by atoms with van der Waals surface area (Å²) in [6.45, 7) is 0.901. The molecule has 0 aromatic carbocycles. The summed E-state index contributed by atoms with van der Waals surface area (Å²) in [7, 11) is 1.53. The van der Waals surface area contributed by atoms with Gasteiger partial charge >= 0.3 is 0 Å². The second-order valence-corrected chi connectivity index (χ2v) is 3.92. The number of methoxy groups -OCH3 is 1. The summed E-state index contributed by atoms with van der Waals surface area (Å²) in [5.74, 6) is 0.0234. The van der Waals surface area contributed by atoms with Gasteiger partial charge < -0.3 is 19.5 Å². The molecule has 21 heavy (non-hydrogen) atoms. The SMILES string of the molecule is COCOCCCOc1nc(NC=O)nc(Cl)c1NC=O. The van der Waals surface area contributed by atoms with Crippen molar-refractivity contribution in [3.8, 4) is 5.88 Å². The Morgan fingerprint density at radius 1 is 1.19 bits per heavy atom. The lowest BCUT2D eigenvalue weighted by molar-refractivity contribution is -0.106. The molecule has 9 nitrogen and oxygen atoms in total. The van der Waals surface area contributed by atoms with Gasteiger partial charge in [0.2, 0.25) is 24.6 Å². The van der Waals surface area contributed by atoms with Gasteiger partial charge in [-0.1, -0.05) is 11.6 Å². The number of rotatable bonds is 11. The molecular weight excluding hydrogens is 304 g/mol. The van der Waals surface area contributed by atoms with E-state index in [1.54, 1.807) is 0 Å². The predicted octanol–water partition coefficient (Wildman–Crippen LogP) is 0.656. The molecule has 1 rings (SSSR count). The molecule has 116 valence electrons. The average molecular weight is 319 g/mol. The Morgan fingerprint density at radius 2 is 1.95 bits per heavy atom. The lowest BCUT2D eigenvalue weighted by Crippen LogP contribution is -2.10. The molecule has 0 bridgehead atoms. The molecule has 0 spiro atoms. The number of aromatic nitrogens is 2. The molecule has 1 heterocycles. The minimum absolute atomic E-state index is 0.0305. The molecule has 2 amide bonds. The smallest absolute Gasteiger partial charge is 0.244 e. The van der Waals surface area contributed by atoms with Crippen LogP contribution in [0.3, 0.4) is 0 Å². The van der Waals surface area contributed by atoms with Crippen molar-refractivity contribution in [1.29, 1.82) is 0 Å². The van der Waals surface area contributed by atoms with Crippen LogP contribution in [0.15, 0.2) is 0 Å². The van der Waals surface area contributed by atoms with Crippen LogP contribution in [0.5, 0.6) is 5.88 Å². The highest BCUT2D eigenvalue weighted by molar-refractivity contribution is 6.32. The van der Waals surface area contributed by atoms with Gasteiger partial charge in [-0.25, -0.2) is 0 Å². The zero-order chi connectivity index (χ0) is 15.5. The lowest BCUT2D eigenvalue weighted by atomic mass is 10.4. The van der Waals surface area contributed by atoms with E-state index in [0.717, 1.165) is 0 Å². The van der Waals surface area contributed by atoms with E-state index in [0.29, 0.717) is 25.8 Å². The number of ether oxygens (including phenoxy) is 3. The molecule has 0 unspecified atom stereocenters. The van der Waals surface area contributed by atoms with Crippen LogP contribution in [-0.4, -0.2) is 49.9 Å². The topological polar surface area (TPSA) is 112 Å². The van der Waals surface area contributed by atoms with Gasteiger partial charge in [-0.05, 0) is 0 Å². The zero-order valence-corrected chi connectivity index (χ0v) is 12.1. The molecule has 0 atom stereocenters. The number of carbonyl (C=O) groups is 2. The van der Waals surface area contributed by atoms with Gasteiger partial charge in [0.05, 0.1) is 13.2 Å². The van der Waals surface area contributed by atoms with Gasteiger partial charge in [0.25, 0.3) is 0 Å².